The molecule has 0 spiro atoms. The van der Waals surface area contributed by atoms with E-state index in [-0.39, 0.29) is 5.02 Å². The summed E-state index contributed by atoms with van der Waals surface area (Å²) in [6.45, 7) is 0. The van der Waals surface area contributed by atoms with Gasteiger partial charge in [-0.1, -0.05) is 23.7 Å². The molecule has 1 aromatic carbocycles. The first kappa shape index (κ1) is 10.1. The Kier molecular flexibility index (Phi) is 2.61. The molecule has 0 amide bonds. The fraction of sp³-hybridized carbons (Fsp3) is 0.125. The molecule has 0 aliphatic heterocycles. The first-order valence-electron chi connectivity index (χ1n) is 3.29. The molecule has 0 radical (unpaired) electrons. The van der Waals surface area contributed by atoms with Gasteiger partial charge >= 0.3 is 6.18 Å². The van der Waals surface area contributed by atoms with Crippen LogP contribution in [0.4, 0.5) is 13.2 Å². The van der Waals surface area contributed by atoms with E-state index in [0.29, 0.717) is 0 Å². The highest BCUT2D eigenvalue weighted by Crippen LogP contribution is 2.25. The third-order valence-corrected chi connectivity index (χ3v) is 1.71. The van der Waals surface area contributed by atoms with Crippen molar-refractivity contribution in [3.63, 3.8) is 0 Å². The normalized spacial score (nSPS) is 11.4. The van der Waals surface area contributed by atoms with Crippen molar-refractivity contribution in [2.75, 3.05) is 0 Å². The average Bonchev–Trinajstić information content (AvgIpc) is 2.02. The van der Waals surface area contributed by atoms with Crippen molar-refractivity contribution in [2.24, 2.45) is 0 Å². The van der Waals surface area contributed by atoms with Crippen LogP contribution in [-0.4, -0.2) is 12.0 Å². The van der Waals surface area contributed by atoms with Crippen molar-refractivity contribution in [1.29, 1.82) is 0 Å². The van der Waals surface area contributed by atoms with Crippen LogP contribution >= 0.6 is 11.6 Å². The van der Waals surface area contributed by atoms with Crippen LogP contribution in [0.5, 0.6) is 0 Å². The number of halogens is 4. The maximum absolute atomic E-state index is 11.9. The van der Waals surface area contributed by atoms with E-state index in [2.05, 4.69) is 0 Å². The van der Waals surface area contributed by atoms with Crippen molar-refractivity contribution in [3.8, 4) is 0 Å². The van der Waals surface area contributed by atoms with E-state index in [9.17, 15) is 18.0 Å². The number of alkyl halides is 3. The molecule has 1 nitrogen and oxygen atoms in total. The summed E-state index contributed by atoms with van der Waals surface area (Å²) in [4.78, 5) is 10.7. The molecule has 1 aromatic rings. The Hall–Kier alpha value is -1.03. The highest BCUT2D eigenvalue weighted by Gasteiger charge is 2.40. The number of hydrogen-bond acceptors (Lipinski definition) is 1. The maximum Gasteiger partial charge on any atom is 0.454 e. The van der Waals surface area contributed by atoms with Crippen LogP contribution in [0, 0.1) is 0 Å². The molecule has 70 valence electrons. The van der Waals surface area contributed by atoms with Crippen LogP contribution in [-0.2, 0) is 0 Å². The molecule has 1 rings (SSSR count). The summed E-state index contributed by atoms with van der Waals surface area (Å²) in [5, 5.41) is -0.190. The van der Waals surface area contributed by atoms with Crippen LogP contribution in [0.15, 0.2) is 24.3 Å². The Morgan fingerprint density at radius 2 is 1.77 bits per heavy atom. The first-order chi connectivity index (χ1) is 5.93. The van der Waals surface area contributed by atoms with Gasteiger partial charge < -0.3 is 0 Å². The second-order valence-electron chi connectivity index (χ2n) is 2.31. The topological polar surface area (TPSA) is 17.1 Å². The number of benzene rings is 1. The monoisotopic (exact) mass is 208 g/mol. The van der Waals surface area contributed by atoms with E-state index in [1.165, 1.54) is 18.2 Å². The second-order valence-corrected chi connectivity index (χ2v) is 2.71. The fourth-order valence-electron chi connectivity index (χ4n) is 0.798. The number of carbonyl (C=O) groups is 1. The van der Waals surface area contributed by atoms with Gasteiger partial charge in [-0.3, -0.25) is 4.79 Å². The lowest BCUT2D eigenvalue weighted by atomic mass is 10.1. The molecule has 0 bridgehead atoms. The van der Waals surface area contributed by atoms with Crippen LogP contribution < -0.4 is 0 Å². The van der Waals surface area contributed by atoms with Crippen molar-refractivity contribution >= 4 is 17.4 Å². The number of hydrogen-bond donors (Lipinski definition) is 0. The summed E-state index contributed by atoms with van der Waals surface area (Å²) in [7, 11) is 0. The van der Waals surface area contributed by atoms with Crippen LogP contribution in [0.25, 0.3) is 0 Å². The van der Waals surface area contributed by atoms with Crippen molar-refractivity contribution < 1.29 is 18.0 Å². The predicted molar refractivity (Wildman–Crippen MR) is 41.8 cm³/mol. The Morgan fingerprint density at radius 1 is 1.23 bits per heavy atom. The van der Waals surface area contributed by atoms with Crippen molar-refractivity contribution in [2.45, 2.75) is 6.18 Å². The smallest absolute Gasteiger partial charge is 0.284 e. The predicted octanol–water partition coefficient (Wildman–Crippen LogP) is 3.09. The van der Waals surface area contributed by atoms with Gasteiger partial charge in [0.05, 0.1) is 5.02 Å². The molecule has 0 aliphatic rings. The van der Waals surface area contributed by atoms with E-state index in [1.807, 2.05) is 0 Å². The van der Waals surface area contributed by atoms with E-state index in [0.717, 1.165) is 6.07 Å². The fourth-order valence-corrected chi connectivity index (χ4v) is 1.02. The van der Waals surface area contributed by atoms with Gasteiger partial charge in [0.2, 0.25) is 0 Å². The van der Waals surface area contributed by atoms with Crippen molar-refractivity contribution in [1.82, 2.24) is 0 Å². The molecule has 0 unspecified atom stereocenters. The molecule has 5 heteroatoms. The molecule has 0 aliphatic carbocycles. The highest BCUT2D eigenvalue weighted by atomic mass is 35.5. The number of Topliss-reactive ketones (excluding diaryl/α,β-unsaturated/α-hetero) is 1. The quantitative estimate of drug-likeness (QED) is 0.648. The second kappa shape index (κ2) is 3.38. The minimum absolute atomic E-state index is 0.190. The minimum atomic E-state index is -4.87. The van der Waals surface area contributed by atoms with Gasteiger partial charge in [-0.15, -0.1) is 0 Å². The lowest BCUT2D eigenvalue weighted by molar-refractivity contribution is -0.0885. The number of ketones is 1. The molecule has 0 saturated carbocycles. The average molecular weight is 209 g/mol. The van der Waals surface area contributed by atoms with Crippen LogP contribution in [0.1, 0.15) is 10.4 Å². The van der Waals surface area contributed by atoms with Crippen LogP contribution in [0.2, 0.25) is 5.02 Å². The van der Waals surface area contributed by atoms with Gasteiger partial charge in [-0.2, -0.15) is 13.2 Å². The summed E-state index contributed by atoms with van der Waals surface area (Å²) in [5.74, 6) is -1.92. The van der Waals surface area contributed by atoms with Gasteiger partial charge in [0.1, 0.15) is 0 Å². The largest absolute Gasteiger partial charge is 0.454 e. The summed E-state index contributed by atoms with van der Waals surface area (Å²) < 4.78 is 35.7. The summed E-state index contributed by atoms with van der Waals surface area (Å²) >= 11 is 5.40. The first-order valence-corrected chi connectivity index (χ1v) is 3.67. The number of carbonyl (C=O) groups excluding carboxylic acids is 1. The van der Waals surface area contributed by atoms with Gasteiger partial charge in [0.15, 0.2) is 0 Å². The van der Waals surface area contributed by atoms with Crippen LogP contribution in [0.3, 0.4) is 0 Å². The molecule has 0 aromatic heterocycles. The van der Waals surface area contributed by atoms with E-state index in [1.54, 1.807) is 0 Å². The van der Waals surface area contributed by atoms with Gasteiger partial charge in [-0.05, 0) is 12.1 Å². The summed E-state index contributed by atoms with van der Waals surface area (Å²) in [6, 6.07) is 5.05. The van der Waals surface area contributed by atoms with Gasteiger partial charge in [0.25, 0.3) is 5.78 Å². The maximum atomic E-state index is 11.9. The Bertz CT molecular complexity index is 332. The molecule has 0 heterocycles. The molecule has 13 heavy (non-hydrogen) atoms. The SMILES string of the molecule is O=C(c1ccccc1Cl)C(F)(F)F. The summed E-state index contributed by atoms with van der Waals surface area (Å²) in [5.41, 5.74) is -0.517. The summed E-state index contributed by atoms with van der Waals surface area (Å²) in [6.07, 6.45) is -4.87. The van der Waals surface area contributed by atoms with Gasteiger partial charge in [0, 0.05) is 5.56 Å². The molecule has 0 saturated heterocycles. The van der Waals surface area contributed by atoms with E-state index in [4.69, 9.17) is 11.6 Å². The third kappa shape index (κ3) is 2.21. The Balaban J connectivity index is 3.10. The van der Waals surface area contributed by atoms with E-state index >= 15 is 0 Å². The van der Waals surface area contributed by atoms with Crippen molar-refractivity contribution in [3.05, 3.63) is 34.9 Å². The third-order valence-electron chi connectivity index (χ3n) is 1.38. The number of rotatable bonds is 1. The van der Waals surface area contributed by atoms with E-state index < -0.39 is 17.5 Å². The Morgan fingerprint density at radius 3 is 2.23 bits per heavy atom. The minimum Gasteiger partial charge on any atom is -0.284 e. The zero-order valence-electron chi connectivity index (χ0n) is 6.23. The van der Waals surface area contributed by atoms with Gasteiger partial charge in [-0.25, -0.2) is 0 Å². The molecule has 0 atom stereocenters. The molecular weight excluding hydrogens is 205 g/mol. The zero-order valence-corrected chi connectivity index (χ0v) is 6.99. The Labute approximate surface area is 77.1 Å². The highest BCUT2D eigenvalue weighted by molar-refractivity contribution is 6.34. The lowest BCUT2D eigenvalue weighted by Gasteiger charge is -2.05. The lowest BCUT2D eigenvalue weighted by Crippen LogP contribution is -2.22. The molecule has 0 N–H and O–H groups in total. The standard InChI is InChI=1S/C8H4ClF3O/c9-6-4-2-1-3-5(6)7(13)8(10,11)12/h1-4H. The molecule has 0 fully saturated rings. The zero-order chi connectivity index (χ0) is 10.1. The molecular formula is C8H4ClF3O.